The second-order valence-corrected chi connectivity index (χ2v) is 4.20. The second kappa shape index (κ2) is 4.06. The number of rotatable bonds is 2. The number of aromatic nitrogens is 7. The zero-order valence-electron chi connectivity index (χ0n) is 8.85. The number of nitrogens with zero attached hydrogens (tertiary/aromatic N) is 7. The minimum atomic E-state index is 0.667. The first-order valence-electron chi connectivity index (χ1n) is 4.80. The summed E-state index contributed by atoms with van der Waals surface area (Å²) < 4.78 is 1.59. The van der Waals surface area contributed by atoms with Crippen molar-refractivity contribution in [1.29, 1.82) is 0 Å². The minimum absolute atomic E-state index is 0.667. The lowest BCUT2D eigenvalue weighted by molar-refractivity contribution is 0.664. The first-order chi connectivity index (χ1) is 8.34. The van der Waals surface area contributed by atoms with Gasteiger partial charge in [0.05, 0.1) is 5.39 Å². The van der Waals surface area contributed by atoms with Crippen LogP contribution in [0.5, 0.6) is 0 Å². The average molecular weight is 245 g/mol. The number of hydrogen-bond donors (Lipinski definition) is 0. The Morgan fingerprint density at radius 2 is 2.18 bits per heavy atom. The summed E-state index contributed by atoms with van der Waals surface area (Å²) in [5.41, 5.74) is 0.667. The van der Waals surface area contributed by atoms with Gasteiger partial charge in [-0.1, -0.05) is 0 Å². The van der Waals surface area contributed by atoms with Gasteiger partial charge in [-0.3, -0.25) is 0 Å². The molecular weight excluding hydrogens is 238 g/mol. The molecule has 84 valence electrons. The molecule has 0 radical (unpaired) electrons. The highest BCUT2D eigenvalue weighted by Gasteiger charge is 2.10. The molecule has 0 unspecified atom stereocenters. The van der Waals surface area contributed by atoms with Gasteiger partial charge in [0, 0.05) is 13.2 Å². The SMILES string of the molecule is Cn1nnnc1Sc1ncnc2ncccc12. The van der Waals surface area contributed by atoms with Crippen molar-refractivity contribution >= 4 is 22.8 Å². The van der Waals surface area contributed by atoms with Crippen LogP contribution in [0.4, 0.5) is 0 Å². The van der Waals surface area contributed by atoms with Crippen molar-refractivity contribution in [2.75, 3.05) is 0 Å². The normalized spacial score (nSPS) is 10.9. The Bertz CT molecular complexity index is 660. The van der Waals surface area contributed by atoms with E-state index in [2.05, 4.69) is 30.5 Å². The molecule has 0 saturated heterocycles. The van der Waals surface area contributed by atoms with Gasteiger partial charge in [-0.25, -0.2) is 19.6 Å². The van der Waals surface area contributed by atoms with Crippen LogP contribution >= 0.6 is 11.8 Å². The summed E-state index contributed by atoms with van der Waals surface area (Å²) in [7, 11) is 1.78. The molecule has 0 saturated carbocycles. The van der Waals surface area contributed by atoms with Crippen molar-refractivity contribution in [2.24, 2.45) is 7.05 Å². The van der Waals surface area contributed by atoms with Gasteiger partial charge in [-0.2, -0.15) is 0 Å². The Kier molecular flexibility index (Phi) is 2.41. The highest BCUT2D eigenvalue weighted by atomic mass is 32.2. The third-order valence-corrected chi connectivity index (χ3v) is 3.19. The van der Waals surface area contributed by atoms with Crippen LogP contribution in [0, 0.1) is 0 Å². The lowest BCUT2D eigenvalue weighted by Gasteiger charge is -2.01. The van der Waals surface area contributed by atoms with Gasteiger partial charge in [0.25, 0.3) is 0 Å². The van der Waals surface area contributed by atoms with Crippen LogP contribution in [-0.2, 0) is 7.05 Å². The number of pyridine rings is 1. The molecular formula is C9H7N7S. The van der Waals surface area contributed by atoms with Crippen LogP contribution in [-0.4, -0.2) is 35.2 Å². The average Bonchev–Trinajstić information content (AvgIpc) is 2.76. The quantitative estimate of drug-likeness (QED) is 0.614. The van der Waals surface area contributed by atoms with E-state index in [1.165, 1.54) is 18.1 Å². The summed E-state index contributed by atoms with van der Waals surface area (Å²) >= 11 is 1.39. The maximum atomic E-state index is 4.23. The molecule has 0 spiro atoms. The van der Waals surface area contributed by atoms with E-state index in [4.69, 9.17) is 0 Å². The molecule has 0 atom stereocenters. The molecule has 3 heterocycles. The van der Waals surface area contributed by atoms with Crippen LogP contribution in [0.2, 0.25) is 0 Å². The third kappa shape index (κ3) is 1.82. The lowest BCUT2D eigenvalue weighted by atomic mass is 10.3. The molecule has 17 heavy (non-hydrogen) atoms. The van der Waals surface area contributed by atoms with E-state index in [0.717, 1.165) is 10.4 Å². The third-order valence-electron chi connectivity index (χ3n) is 2.14. The predicted octanol–water partition coefficient (Wildman–Crippen LogP) is 0.700. The first kappa shape index (κ1) is 10.1. The van der Waals surface area contributed by atoms with Crippen molar-refractivity contribution in [3.8, 4) is 0 Å². The van der Waals surface area contributed by atoms with Crippen LogP contribution < -0.4 is 0 Å². The number of hydrogen-bond acceptors (Lipinski definition) is 7. The monoisotopic (exact) mass is 245 g/mol. The van der Waals surface area contributed by atoms with E-state index in [1.54, 1.807) is 17.9 Å². The molecule has 8 heteroatoms. The van der Waals surface area contributed by atoms with Crippen molar-refractivity contribution in [1.82, 2.24) is 35.2 Å². The molecule has 7 nitrogen and oxygen atoms in total. The van der Waals surface area contributed by atoms with Crippen molar-refractivity contribution < 1.29 is 0 Å². The molecule has 0 bridgehead atoms. The molecule has 0 aromatic carbocycles. The van der Waals surface area contributed by atoms with Gasteiger partial charge in [0.2, 0.25) is 5.16 Å². The standard InChI is InChI=1S/C9H7N7S/c1-16-9(13-14-15-16)17-8-6-3-2-4-10-7(6)11-5-12-8/h2-5H,1H3. The molecule has 3 aromatic rings. The molecule has 3 aromatic heterocycles. The first-order valence-corrected chi connectivity index (χ1v) is 5.62. The van der Waals surface area contributed by atoms with Gasteiger partial charge >= 0.3 is 0 Å². The van der Waals surface area contributed by atoms with E-state index < -0.39 is 0 Å². The van der Waals surface area contributed by atoms with Crippen LogP contribution in [0.3, 0.4) is 0 Å². The topological polar surface area (TPSA) is 82.3 Å². The van der Waals surface area contributed by atoms with Gasteiger partial charge in [0.1, 0.15) is 11.4 Å². The van der Waals surface area contributed by atoms with Gasteiger partial charge < -0.3 is 0 Å². The molecule has 0 aliphatic heterocycles. The highest BCUT2D eigenvalue weighted by Crippen LogP contribution is 2.27. The van der Waals surface area contributed by atoms with Gasteiger partial charge in [-0.15, -0.1) is 5.10 Å². The molecule has 0 aliphatic carbocycles. The van der Waals surface area contributed by atoms with E-state index in [9.17, 15) is 0 Å². The van der Waals surface area contributed by atoms with E-state index in [1.807, 2.05) is 12.1 Å². The zero-order valence-corrected chi connectivity index (χ0v) is 9.66. The Hall–Kier alpha value is -2.09. The molecule has 0 fully saturated rings. The maximum Gasteiger partial charge on any atom is 0.215 e. The predicted molar refractivity (Wildman–Crippen MR) is 60.3 cm³/mol. The second-order valence-electron chi connectivity index (χ2n) is 3.24. The number of fused-ring (bicyclic) bond motifs is 1. The number of aryl methyl sites for hydroxylation is 1. The smallest absolute Gasteiger partial charge is 0.215 e. The van der Waals surface area contributed by atoms with Crippen LogP contribution in [0.1, 0.15) is 0 Å². The number of tetrazole rings is 1. The summed E-state index contributed by atoms with van der Waals surface area (Å²) in [6.07, 6.45) is 3.19. The van der Waals surface area contributed by atoms with E-state index in [-0.39, 0.29) is 0 Å². The van der Waals surface area contributed by atoms with Gasteiger partial charge in [-0.05, 0) is 34.3 Å². The van der Waals surface area contributed by atoms with Crippen molar-refractivity contribution in [3.63, 3.8) is 0 Å². The van der Waals surface area contributed by atoms with E-state index in [0.29, 0.717) is 10.8 Å². The van der Waals surface area contributed by atoms with E-state index >= 15 is 0 Å². The molecule has 0 N–H and O–H groups in total. The summed E-state index contributed by atoms with van der Waals surface area (Å²) in [5, 5.41) is 13.6. The maximum absolute atomic E-state index is 4.23. The van der Waals surface area contributed by atoms with Gasteiger partial charge in [0.15, 0.2) is 5.65 Å². The summed E-state index contributed by atoms with van der Waals surface area (Å²) in [6, 6.07) is 3.78. The summed E-state index contributed by atoms with van der Waals surface area (Å²) in [5.74, 6) is 0. The summed E-state index contributed by atoms with van der Waals surface area (Å²) in [4.78, 5) is 12.5. The summed E-state index contributed by atoms with van der Waals surface area (Å²) in [6.45, 7) is 0. The minimum Gasteiger partial charge on any atom is -0.237 e. The molecule has 3 rings (SSSR count). The van der Waals surface area contributed by atoms with Crippen LogP contribution in [0.25, 0.3) is 11.0 Å². The van der Waals surface area contributed by atoms with Crippen molar-refractivity contribution in [3.05, 3.63) is 24.7 Å². The fraction of sp³-hybridized carbons (Fsp3) is 0.111. The lowest BCUT2D eigenvalue weighted by Crippen LogP contribution is -1.94. The Balaban J connectivity index is 2.09. The van der Waals surface area contributed by atoms with Crippen molar-refractivity contribution in [2.45, 2.75) is 10.2 Å². The Morgan fingerprint density at radius 1 is 1.24 bits per heavy atom. The highest BCUT2D eigenvalue weighted by molar-refractivity contribution is 7.99. The fourth-order valence-electron chi connectivity index (χ4n) is 1.35. The Morgan fingerprint density at radius 3 is 3.00 bits per heavy atom. The Labute approximate surface area is 100 Å². The molecule has 0 amide bonds. The fourth-order valence-corrected chi connectivity index (χ4v) is 2.14. The largest absolute Gasteiger partial charge is 0.237 e. The zero-order chi connectivity index (χ0) is 11.7. The van der Waals surface area contributed by atoms with Crippen LogP contribution in [0.15, 0.2) is 34.8 Å². The molecule has 0 aliphatic rings.